The van der Waals surface area contributed by atoms with E-state index in [1.807, 2.05) is 45.8 Å². The van der Waals surface area contributed by atoms with E-state index in [2.05, 4.69) is 13.0 Å². The maximum Gasteiger partial charge on any atom is 0.260 e. The smallest absolute Gasteiger partial charge is 0.260 e. The third kappa shape index (κ3) is 5.27. The van der Waals surface area contributed by atoms with E-state index in [0.29, 0.717) is 23.8 Å². The molecule has 1 heterocycles. The van der Waals surface area contributed by atoms with Crippen LogP contribution in [0.3, 0.4) is 0 Å². The molecule has 0 unspecified atom stereocenters. The van der Waals surface area contributed by atoms with Gasteiger partial charge in [-0.05, 0) is 83.2 Å². The lowest BCUT2D eigenvalue weighted by atomic mass is 10.1. The van der Waals surface area contributed by atoms with Crippen LogP contribution < -0.4 is 4.90 Å². The molecule has 7 nitrogen and oxygen atoms in total. The van der Waals surface area contributed by atoms with E-state index < -0.39 is 10.0 Å². The fourth-order valence-electron chi connectivity index (χ4n) is 3.28. The van der Waals surface area contributed by atoms with Crippen molar-refractivity contribution in [2.45, 2.75) is 38.6 Å². The summed E-state index contributed by atoms with van der Waals surface area (Å²) in [5, 5.41) is 0.641. The Morgan fingerprint density at radius 3 is 2.21 bits per heavy atom. The van der Waals surface area contributed by atoms with Crippen molar-refractivity contribution >= 4 is 42.6 Å². The van der Waals surface area contributed by atoms with Gasteiger partial charge in [-0.2, -0.15) is 4.31 Å². The van der Waals surface area contributed by atoms with Gasteiger partial charge < -0.3 is 4.90 Å². The van der Waals surface area contributed by atoms with Crippen LogP contribution in [0.15, 0.2) is 41.3 Å². The molecule has 0 saturated carbocycles. The van der Waals surface area contributed by atoms with E-state index in [0.717, 1.165) is 21.3 Å². The van der Waals surface area contributed by atoms with Crippen LogP contribution in [0.5, 0.6) is 0 Å². The number of hydrogen-bond acceptors (Lipinski definition) is 6. The second kappa shape index (κ2) is 9.89. The molecule has 0 saturated heterocycles. The van der Waals surface area contributed by atoms with Crippen molar-refractivity contribution in [3.8, 4) is 0 Å². The van der Waals surface area contributed by atoms with Crippen molar-refractivity contribution in [3.05, 3.63) is 53.1 Å². The summed E-state index contributed by atoms with van der Waals surface area (Å²) in [6, 6.07) is 10.1. The maximum atomic E-state index is 13.5. The summed E-state index contributed by atoms with van der Waals surface area (Å²) in [7, 11) is 1.86. The Kier molecular flexibility index (Phi) is 7.58. The number of anilines is 1. The number of hydrogen-bond donors (Lipinski definition) is 0. The Bertz CT molecular complexity index is 1250. The lowest BCUT2D eigenvalue weighted by molar-refractivity contribution is 0.0985. The van der Waals surface area contributed by atoms with Crippen molar-refractivity contribution in [3.63, 3.8) is 0 Å². The molecule has 0 aliphatic heterocycles. The fourth-order valence-corrected chi connectivity index (χ4v) is 5.70. The lowest BCUT2D eigenvalue weighted by Crippen LogP contribution is -2.37. The number of nitrogens with zero attached hydrogens (tertiary/aromatic N) is 4. The third-order valence-electron chi connectivity index (χ3n) is 5.83. The van der Waals surface area contributed by atoms with Crippen molar-refractivity contribution in [2.24, 2.45) is 0 Å². The molecule has 0 atom stereocenters. The normalized spacial score (nSPS) is 12.3. The zero-order chi connectivity index (χ0) is 24.5. The average molecular weight is 489 g/mol. The molecule has 3 rings (SSSR count). The van der Waals surface area contributed by atoms with Gasteiger partial charge >= 0.3 is 0 Å². The quantitative estimate of drug-likeness (QED) is 0.476. The first kappa shape index (κ1) is 25.3. The predicted molar refractivity (Wildman–Crippen MR) is 136 cm³/mol. The van der Waals surface area contributed by atoms with E-state index in [1.54, 1.807) is 24.1 Å². The second-order valence-corrected chi connectivity index (χ2v) is 11.8. The molecule has 0 N–H and O–H groups in total. The molecule has 0 spiro atoms. The van der Waals surface area contributed by atoms with Crippen LogP contribution in [0.25, 0.3) is 10.2 Å². The first-order valence-electron chi connectivity index (χ1n) is 10.8. The monoisotopic (exact) mass is 488 g/mol. The van der Waals surface area contributed by atoms with Crippen LogP contribution in [0.4, 0.5) is 5.13 Å². The topological polar surface area (TPSA) is 73.8 Å². The Hall–Kier alpha value is -2.33. The highest BCUT2D eigenvalue weighted by Gasteiger charge is 2.25. The maximum absolute atomic E-state index is 13.5. The number of amides is 1. The van der Waals surface area contributed by atoms with E-state index in [1.165, 1.54) is 27.8 Å². The van der Waals surface area contributed by atoms with Crippen LogP contribution in [-0.2, 0) is 10.0 Å². The molecular formula is C24H32N4O3S2. The highest BCUT2D eigenvalue weighted by molar-refractivity contribution is 7.89. The van der Waals surface area contributed by atoms with Crippen LogP contribution in [-0.4, -0.2) is 68.8 Å². The number of carbonyl (C=O) groups excluding carboxylic acids is 1. The lowest BCUT2D eigenvalue weighted by Gasteiger charge is -2.23. The second-order valence-electron chi connectivity index (χ2n) is 8.75. The number of sulfonamides is 1. The summed E-state index contributed by atoms with van der Waals surface area (Å²) in [5.74, 6) is -0.202. The molecule has 0 aliphatic carbocycles. The fraction of sp³-hybridized carbons (Fsp3) is 0.417. The van der Waals surface area contributed by atoms with Gasteiger partial charge in [0, 0.05) is 31.7 Å². The van der Waals surface area contributed by atoms with Gasteiger partial charge in [0.05, 0.1) is 15.1 Å². The summed E-state index contributed by atoms with van der Waals surface area (Å²) in [5.41, 5.74) is 3.61. The molecule has 0 radical (unpaired) electrons. The van der Waals surface area contributed by atoms with Crippen LogP contribution in [0.1, 0.15) is 35.3 Å². The number of likely N-dealkylation sites (N-methyl/N-ethyl adjacent to an activating group) is 1. The minimum atomic E-state index is -3.61. The molecule has 178 valence electrons. The number of rotatable bonds is 8. The van der Waals surface area contributed by atoms with Gasteiger partial charge in [-0.15, -0.1) is 0 Å². The predicted octanol–water partition coefficient (Wildman–Crippen LogP) is 4.15. The number of thiazole rings is 1. The summed E-state index contributed by atoms with van der Waals surface area (Å²) < 4.78 is 27.9. The standard InChI is InChI=1S/C24H32N4O3S2/c1-16(2)27(7)33(30,31)20-11-9-19(10-12-20)23(29)28(15-14-26(5)6)24-25-22-18(4)17(3)8-13-21(22)32-24/h8-13,16H,14-15H2,1-7H3. The zero-order valence-electron chi connectivity index (χ0n) is 20.3. The molecule has 0 bridgehead atoms. The first-order chi connectivity index (χ1) is 15.4. The van der Waals surface area contributed by atoms with Crippen molar-refractivity contribution in [1.82, 2.24) is 14.2 Å². The summed E-state index contributed by atoms with van der Waals surface area (Å²) in [4.78, 5) is 22.2. The van der Waals surface area contributed by atoms with Crippen LogP contribution in [0.2, 0.25) is 0 Å². The molecule has 2 aromatic carbocycles. The molecule has 33 heavy (non-hydrogen) atoms. The van der Waals surface area contributed by atoms with Crippen molar-refractivity contribution < 1.29 is 13.2 Å². The average Bonchev–Trinajstić information content (AvgIpc) is 3.20. The number of aromatic nitrogens is 1. The van der Waals surface area contributed by atoms with Gasteiger partial charge in [0.1, 0.15) is 0 Å². The van der Waals surface area contributed by atoms with Crippen molar-refractivity contribution in [2.75, 3.05) is 39.1 Å². The van der Waals surface area contributed by atoms with E-state index >= 15 is 0 Å². The SMILES string of the molecule is Cc1ccc2sc(N(CCN(C)C)C(=O)c3ccc(S(=O)(=O)N(C)C(C)C)cc3)nc2c1C. The Labute approximate surface area is 200 Å². The van der Waals surface area contributed by atoms with E-state index in [-0.39, 0.29) is 16.8 Å². The first-order valence-corrected chi connectivity index (χ1v) is 13.1. The number of benzene rings is 2. The van der Waals surface area contributed by atoms with E-state index in [9.17, 15) is 13.2 Å². The van der Waals surface area contributed by atoms with Gasteiger partial charge in [0.15, 0.2) is 5.13 Å². The van der Waals surface area contributed by atoms with Gasteiger partial charge in [0.2, 0.25) is 10.0 Å². The molecule has 1 amide bonds. The minimum Gasteiger partial charge on any atom is -0.308 e. The Balaban J connectivity index is 1.97. The van der Waals surface area contributed by atoms with E-state index in [4.69, 9.17) is 4.98 Å². The summed E-state index contributed by atoms with van der Waals surface area (Å²) in [6.45, 7) is 8.87. The zero-order valence-corrected chi connectivity index (χ0v) is 21.9. The molecular weight excluding hydrogens is 456 g/mol. The van der Waals surface area contributed by atoms with Crippen molar-refractivity contribution in [1.29, 1.82) is 0 Å². The molecule has 0 fully saturated rings. The highest BCUT2D eigenvalue weighted by Crippen LogP contribution is 2.32. The van der Waals surface area contributed by atoms with Gasteiger partial charge in [-0.3, -0.25) is 9.69 Å². The van der Waals surface area contributed by atoms with Gasteiger partial charge in [-0.25, -0.2) is 13.4 Å². The number of carbonyl (C=O) groups is 1. The molecule has 0 aliphatic rings. The number of aryl methyl sites for hydroxylation is 2. The largest absolute Gasteiger partial charge is 0.308 e. The van der Waals surface area contributed by atoms with Crippen LogP contribution in [0, 0.1) is 13.8 Å². The minimum absolute atomic E-state index is 0.163. The Morgan fingerprint density at radius 2 is 1.64 bits per heavy atom. The molecule has 3 aromatic rings. The van der Waals surface area contributed by atoms with Gasteiger partial charge in [0.25, 0.3) is 5.91 Å². The van der Waals surface area contributed by atoms with Gasteiger partial charge in [-0.1, -0.05) is 17.4 Å². The third-order valence-corrected chi connectivity index (χ3v) is 8.92. The highest BCUT2D eigenvalue weighted by atomic mass is 32.2. The Morgan fingerprint density at radius 1 is 1.00 bits per heavy atom. The summed E-state index contributed by atoms with van der Waals surface area (Å²) >= 11 is 1.49. The van der Waals surface area contributed by atoms with Crippen LogP contribution >= 0.6 is 11.3 Å². The molecule has 9 heteroatoms. The molecule has 1 aromatic heterocycles. The number of fused-ring (bicyclic) bond motifs is 1. The summed E-state index contributed by atoms with van der Waals surface area (Å²) in [6.07, 6.45) is 0.